The summed E-state index contributed by atoms with van der Waals surface area (Å²) in [5.41, 5.74) is 13.4. The third kappa shape index (κ3) is 6.10. The van der Waals surface area contributed by atoms with E-state index in [1.54, 1.807) is 0 Å². The van der Waals surface area contributed by atoms with E-state index in [2.05, 4.69) is 4.99 Å². The van der Waals surface area contributed by atoms with Gasteiger partial charge in [-0.25, -0.2) is 0 Å². The van der Waals surface area contributed by atoms with Gasteiger partial charge in [0.2, 0.25) is 0 Å². The highest BCUT2D eigenvalue weighted by Crippen LogP contribution is 2.00. The average Bonchev–Trinajstić information content (AvgIpc) is 2.27. The van der Waals surface area contributed by atoms with Gasteiger partial charge in [0.15, 0.2) is 0 Å². The number of nitrogens with zero attached hydrogens (tertiary/aromatic N) is 1. The lowest BCUT2D eigenvalue weighted by Crippen LogP contribution is -2.01. The molecular weight excluding hydrogens is 210 g/mol. The highest BCUT2D eigenvalue weighted by molar-refractivity contribution is 6.19. The van der Waals surface area contributed by atoms with Crippen LogP contribution in [-0.2, 0) is 0 Å². The molecule has 0 bridgehead atoms. The molecule has 0 aliphatic carbocycles. The molecular formula is C11H18ClN3. The number of allylic oxidation sites excluding steroid dienone is 3. The number of hydrogen-bond donors (Lipinski definition) is 2. The van der Waals surface area contributed by atoms with Gasteiger partial charge in [-0.2, -0.15) is 0 Å². The van der Waals surface area contributed by atoms with Crippen LogP contribution in [0.25, 0.3) is 0 Å². The molecule has 0 aromatic rings. The van der Waals surface area contributed by atoms with E-state index < -0.39 is 0 Å². The Kier molecular flexibility index (Phi) is 7.68. The van der Waals surface area contributed by atoms with Crippen LogP contribution in [0.2, 0.25) is 0 Å². The zero-order chi connectivity index (χ0) is 11.7. The summed E-state index contributed by atoms with van der Waals surface area (Å²) in [6.07, 6.45) is 7.19. The second-order valence-electron chi connectivity index (χ2n) is 2.95. The van der Waals surface area contributed by atoms with Gasteiger partial charge in [0.05, 0.1) is 11.6 Å². The fourth-order valence-corrected chi connectivity index (χ4v) is 1.03. The summed E-state index contributed by atoms with van der Waals surface area (Å²) in [7, 11) is 0. The Labute approximate surface area is 96.2 Å². The maximum absolute atomic E-state index is 5.62. The molecule has 0 rings (SSSR count). The average molecular weight is 228 g/mol. The van der Waals surface area contributed by atoms with Gasteiger partial charge in [-0.15, -0.1) is 11.6 Å². The summed E-state index contributed by atoms with van der Waals surface area (Å²) in [4.78, 5) is 4.22. The van der Waals surface area contributed by atoms with E-state index in [4.69, 9.17) is 23.1 Å². The van der Waals surface area contributed by atoms with Crippen LogP contribution >= 0.6 is 11.6 Å². The third-order valence-corrected chi connectivity index (χ3v) is 2.07. The molecule has 0 aromatic carbocycles. The molecule has 3 nitrogen and oxygen atoms in total. The van der Waals surface area contributed by atoms with Gasteiger partial charge >= 0.3 is 0 Å². The van der Waals surface area contributed by atoms with Crippen LogP contribution in [0.4, 0.5) is 0 Å². The smallest absolute Gasteiger partial charge is 0.0708 e. The Balaban J connectivity index is 4.54. The van der Waals surface area contributed by atoms with Crippen LogP contribution in [0.5, 0.6) is 0 Å². The lowest BCUT2D eigenvalue weighted by Gasteiger charge is -1.97. The van der Waals surface area contributed by atoms with E-state index >= 15 is 0 Å². The van der Waals surface area contributed by atoms with Crippen molar-refractivity contribution in [2.24, 2.45) is 16.5 Å². The molecule has 0 fully saturated rings. The molecule has 0 spiro atoms. The van der Waals surface area contributed by atoms with Crippen LogP contribution < -0.4 is 11.5 Å². The fraction of sp³-hybridized carbons (Fsp3) is 0.364. The van der Waals surface area contributed by atoms with Crippen LogP contribution in [0, 0.1) is 0 Å². The van der Waals surface area contributed by atoms with Gasteiger partial charge in [0, 0.05) is 18.5 Å². The van der Waals surface area contributed by atoms with Gasteiger partial charge in [0.25, 0.3) is 0 Å². The maximum atomic E-state index is 5.62. The predicted octanol–water partition coefficient (Wildman–Crippen LogP) is 1.95. The molecule has 0 saturated carbocycles. The Bertz CT molecular complexity index is 301. The van der Waals surface area contributed by atoms with Crippen molar-refractivity contribution < 1.29 is 0 Å². The Hall–Kier alpha value is -1.06. The van der Waals surface area contributed by atoms with Gasteiger partial charge in [-0.05, 0) is 25.5 Å². The van der Waals surface area contributed by atoms with Crippen molar-refractivity contribution in [3.05, 3.63) is 35.7 Å². The topological polar surface area (TPSA) is 64.4 Å². The fourth-order valence-electron chi connectivity index (χ4n) is 0.885. The molecule has 0 atom stereocenters. The normalized spacial score (nSPS) is 15.1. The van der Waals surface area contributed by atoms with E-state index in [0.717, 1.165) is 11.3 Å². The summed E-state index contributed by atoms with van der Waals surface area (Å²) in [6.45, 7) is 4.36. The minimum atomic E-state index is 0.315. The zero-order valence-corrected chi connectivity index (χ0v) is 9.96. The summed E-state index contributed by atoms with van der Waals surface area (Å²) in [6, 6.07) is 0. The van der Waals surface area contributed by atoms with Gasteiger partial charge in [-0.1, -0.05) is 12.2 Å². The molecule has 0 amide bonds. The number of nitrogens with two attached hydrogens (primary N) is 2. The van der Waals surface area contributed by atoms with E-state index in [1.165, 1.54) is 6.20 Å². The molecule has 0 radical (unpaired) electrons. The molecule has 0 unspecified atom stereocenters. The molecule has 4 N–H and O–H groups in total. The first kappa shape index (κ1) is 13.9. The summed E-state index contributed by atoms with van der Waals surface area (Å²) < 4.78 is 0. The largest absolute Gasteiger partial charge is 0.403 e. The summed E-state index contributed by atoms with van der Waals surface area (Å²) in [5.74, 6) is 0.315. The highest BCUT2D eigenvalue weighted by atomic mass is 35.5. The number of aliphatic imine (C=N–C) groups is 1. The Morgan fingerprint density at radius 3 is 2.47 bits per heavy atom. The second kappa shape index (κ2) is 8.26. The molecule has 0 heterocycles. The second-order valence-corrected chi connectivity index (χ2v) is 3.21. The van der Waals surface area contributed by atoms with E-state index in [0.29, 0.717) is 18.1 Å². The molecule has 0 aromatic heterocycles. The monoisotopic (exact) mass is 227 g/mol. The van der Waals surface area contributed by atoms with Crippen LogP contribution in [-0.4, -0.2) is 18.1 Å². The first-order chi connectivity index (χ1) is 7.17. The third-order valence-electron chi connectivity index (χ3n) is 1.79. The lowest BCUT2D eigenvalue weighted by atomic mass is 10.2. The van der Waals surface area contributed by atoms with Crippen molar-refractivity contribution in [1.29, 1.82) is 0 Å². The number of rotatable bonds is 5. The van der Waals surface area contributed by atoms with Crippen LogP contribution in [0.15, 0.2) is 40.7 Å². The Morgan fingerprint density at radius 1 is 1.40 bits per heavy atom. The van der Waals surface area contributed by atoms with Gasteiger partial charge in [0.1, 0.15) is 0 Å². The molecule has 15 heavy (non-hydrogen) atoms. The number of alkyl halides is 1. The van der Waals surface area contributed by atoms with E-state index in [-0.39, 0.29) is 0 Å². The van der Waals surface area contributed by atoms with Crippen molar-refractivity contribution in [3.8, 4) is 0 Å². The van der Waals surface area contributed by atoms with E-state index in [9.17, 15) is 0 Å². The minimum Gasteiger partial charge on any atom is -0.403 e. The van der Waals surface area contributed by atoms with E-state index in [1.807, 2.05) is 32.1 Å². The van der Waals surface area contributed by atoms with Crippen molar-refractivity contribution in [2.75, 3.05) is 12.4 Å². The zero-order valence-electron chi connectivity index (χ0n) is 9.20. The number of halogens is 1. The molecule has 0 aliphatic rings. The van der Waals surface area contributed by atoms with Crippen molar-refractivity contribution in [3.63, 3.8) is 0 Å². The molecule has 0 aliphatic heterocycles. The van der Waals surface area contributed by atoms with Crippen molar-refractivity contribution in [2.45, 2.75) is 13.8 Å². The van der Waals surface area contributed by atoms with Crippen molar-refractivity contribution >= 4 is 17.3 Å². The number of hydrogen-bond acceptors (Lipinski definition) is 3. The molecule has 4 heteroatoms. The Morgan fingerprint density at radius 2 is 2.07 bits per heavy atom. The van der Waals surface area contributed by atoms with Crippen molar-refractivity contribution in [1.82, 2.24) is 0 Å². The summed E-state index contributed by atoms with van der Waals surface area (Å²) in [5, 5.41) is 0. The first-order valence-corrected chi connectivity index (χ1v) is 5.26. The standard InChI is InChI=1S/C11H18ClN3/c1-3-10(7-13)5-4-9(2)15-11(6-12)8-14/h3-5,8H,6-7,13-14H2,1-2H3/b5-4-,10-3+,11-8-,15-9+. The first-order valence-electron chi connectivity index (χ1n) is 4.73. The lowest BCUT2D eigenvalue weighted by molar-refractivity contribution is 1.18. The predicted molar refractivity (Wildman–Crippen MR) is 68.1 cm³/mol. The van der Waals surface area contributed by atoms with Gasteiger partial charge < -0.3 is 11.5 Å². The quantitative estimate of drug-likeness (QED) is 0.428. The maximum Gasteiger partial charge on any atom is 0.0708 e. The van der Waals surface area contributed by atoms with Crippen LogP contribution in [0.1, 0.15) is 13.8 Å². The highest BCUT2D eigenvalue weighted by Gasteiger charge is 1.91. The van der Waals surface area contributed by atoms with Gasteiger partial charge in [-0.3, -0.25) is 4.99 Å². The molecule has 0 saturated heterocycles. The molecule has 84 valence electrons. The SMILES string of the molecule is C\C=C(/C=C\C(C)=N\C(=C/N)CCl)CN. The summed E-state index contributed by atoms with van der Waals surface area (Å²) >= 11 is 5.62. The minimum absolute atomic E-state index is 0.315. The van der Waals surface area contributed by atoms with Crippen LogP contribution in [0.3, 0.4) is 0 Å².